The predicted molar refractivity (Wildman–Crippen MR) is 133 cm³/mol. The quantitative estimate of drug-likeness (QED) is 0.278. The molecule has 1 aliphatic rings. The Morgan fingerprint density at radius 3 is 2.47 bits per heavy atom. The lowest BCUT2D eigenvalue weighted by Crippen LogP contribution is -2.42. The monoisotopic (exact) mass is 470 g/mol. The summed E-state index contributed by atoms with van der Waals surface area (Å²) >= 11 is 0. The summed E-state index contributed by atoms with van der Waals surface area (Å²) in [4.78, 5) is 30.0. The SMILES string of the molecule is C=C/C(OC1NC(N(C)C=O)=C(C(=O)N(C)CCCO)N1Cc1ccc(C)cc1)=C(\C)C(C)C. The molecule has 1 heterocycles. The van der Waals surface area contributed by atoms with Gasteiger partial charge in [0.25, 0.3) is 12.3 Å². The number of nitrogens with one attached hydrogen (secondary N) is 1. The molecule has 0 aromatic heterocycles. The van der Waals surface area contributed by atoms with Gasteiger partial charge in [-0.05, 0) is 43.4 Å². The Morgan fingerprint density at radius 1 is 1.29 bits per heavy atom. The van der Waals surface area contributed by atoms with Gasteiger partial charge in [-0.15, -0.1) is 0 Å². The molecule has 34 heavy (non-hydrogen) atoms. The van der Waals surface area contributed by atoms with Gasteiger partial charge in [-0.3, -0.25) is 9.59 Å². The number of carbonyl (C=O) groups is 2. The zero-order chi connectivity index (χ0) is 25.4. The lowest BCUT2D eigenvalue weighted by molar-refractivity contribution is -0.129. The van der Waals surface area contributed by atoms with Crippen molar-refractivity contribution in [3.63, 3.8) is 0 Å². The van der Waals surface area contributed by atoms with Crippen molar-refractivity contribution in [2.75, 3.05) is 27.2 Å². The van der Waals surface area contributed by atoms with E-state index >= 15 is 0 Å². The van der Waals surface area contributed by atoms with Gasteiger partial charge in [0.15, 0.2) is 0 Å². The first kappa shape index (κ1) is 27.0. The Morgan fingerprint density at radius 2 is 1.94 bits per heavy atom. The van der Waals surface area contributed by atoms with Crippen LogP contribution in [0, 0.1) is 12.8 Å². The van der Waals surface area contributed by atoms with Crippen molar-refractivity contribution < 1.29 is 19.4 Å². The fourth-order valence-corrected chi connectivity index (χ4v) is 3.50. The molecule has 0 fully saturated rings. The molecular weight excluding hydrogens is 432 g/mol. The number of allylic oxidation sites excluding steroid dienone is 2. The second kappa shape index (κ2) is 12.3. The number of rotatable bonds is 12. The summed E-state index contributed by atoms with van der Waals surface area (Å²) in [6.45, 7) is 12.8. The number of nitrogens with zero attached hydrogens (tertiary/aromatic N) is 3. The number of hydrogen-bond acceptors (Lipinski definition) is 6. The minimum Gasteiger partial charge on any atom is -0.452 e. The van der Waals surface area contributed by atoms with Crippen LogP contribution in [0.3, 0.4) is 0 Å². The van der Waals surface area contributed by atoms with Crippen LogP contribution in [0.1, 0.15) is 38.3 Å². The summed E-state index contributed by atoms with van der Waals surface area (Å²) in [7, 11) is 3.27. The topological polar surface area (TPSA) is 85.3 Å². The van der Waals surface area contributed by atoms with Crippen molar-refractivity contribution in [1.29, 1.82) is 0 Å². The number of aliphatic hydroxyl groups excluding tert-OH is 1. The van der Waals surface area contributed by atoms with Gasteiger partial charge in [0.05, 0.1) is 0 Å². The molecule has 8 nitrogen and oxygen atoms in total. The second-order valence-electron chi connectivity index (χ2n) is 8.85. The largest absolute Gasteiger partial charge is 0.452 e. The highest BCUT2D eigenvalue weighted by atomic mass is 16.5. The predicted octanol–water partition coefficient (Wildman–Crippen LogP) is 2.91. The summed E-state index contributed by atoms with van der Waals surface area (Å²) in [6.07, 6.45) is 2.04. The summed E-state index contributed by atoms with van der Waals surface area (Å²) in [5.74, 6) is 0.957. The van der Waals surface area contributed by atoms with Gasteiger partial charge in [0.2, 0.25) is 6.41 Å². The number of benzene rings is 1. The van der Waals surface area contributed by atoms with E-state index in [1.165, 1.54) is 4.90 Å². The third-order valence-corrected chi connectivity index (χ3v) is 5.92. The van der Waals surface area contributed by atoms with Crippen molar-refractivity contribution in [2.24, 2.45) is 5.92 Å². The maximum atomic E-state index is 13.6. The number of carbonyl (C=O) groups excluding carboxylic acids is 2. The number of likely N-dealkylation sites (N-methyl/N-ethyl adjacent to an activating group) is 1. The van der Waals surface area contributed by atoms with E-state index in [0.29, 0.717) is 43.2 Å². The number of hydrogen-bond donors (Lipinski definition) is 2. The average molecular weight is 471 g/mol. The number of aliphatic hydroxyl groups is 1. The van der Waals surface area contributed by atoms with Gasteiger partial charge in [-0.25, -0.2) is 0 Å². The summed E-state index contributed by atoms with van der Waals surface area (Å²) in [6, 6.07) is 8.05. The molecule has 0 radical (unpaired) electrons. The first-order valence-corrected chi connectivity index (χ1v) is 11.5. The summed E-state index contributed by atoms with van der Waals surface area (Å²) < 4.78 is 6.34. The molecule has 8 heteroatoms. The van der Waals surface area contributed by atoms with E-state index in [2.05, 4.69) is 25.7 Å². The smallest absolute Gasteiger partial charge is 0.273 e. The van der Waals surface area contributed by atoms with E-state index in [9.17, 15) is 14.7 Å². The highest BCUT2D eigenvalue weighted by Gasteiger charge is 2.39. The molecule has 1 unspecified atom stereocenters. The fourth-order valence-electron chi connectivity index (χ4n) is 3.50. The first-order valence-electron chi connectivity index (χ1n) is 11.5. The van der Waals surface area contributed by atoms with Gasteiger partial charge in [-0.1, -0.05) is 50.3 Å². The van der Waals surface area contributed by atoms with Gasteiger partial charge in [0, 0.05) is 33.8 Å². The summed E-state index contributed by atoms with van der Waals surface area (Å²) in [5, 5.41) is 12.4. The van der Waals surface area contributed by atoms with E-state index in [0.717, 1.165) is 16.7 Å². The summed E-state index contributed by atoms with van der Waals surface area (Å²) in [5.41, 5.74) is 3.48. The van der Waals surface area contributed by atoms with E-state index in [4.69, 9.17) is 4.74 Å². The Labute approximate surface area is 203 Å². The minimum absolute atomic E-state index is 0.0171. The van der Waals surface area contributed by atoms with Crippen LogP contribution in [0.5, 0.6) is 0 Å². The molecule has 1 aliphatic heterocycles. The van der Waals surface area contributed by atoms with Gasteiger partial charge >= 0.3 is 0 Å². The van der Waals surface area contributed by atoms with Crippen LogP contribution in [-0.4, -0.2) is 65.7 Å². The maximum Gasteiger partial charge on any atom is 0.273 e. The van der Waals surface area contributed by atoms with E-state index in [1.807, 2.05) is 43.0 Å². The molecular formula is C26H38N4O4. The Hall–Kier alpha value is -3.26. The normalized spacial score (nSPS) is 16.2. The third kappa shape index (κ3) is 6.41. The van der Waals surface area contributed by atoms with Crippen molar-refractivity contribution in [1.82, 2.24) is 20.0 Å². The standard InChI is InChI=1S/C26H38N4O4/c1-8-22(20(5)18(2)3)34-26-27-24(29(7)17-32)23(25(33)28(6)14-9-15-31)30(26)16-21-12-10-19(4)11-13-21/h8,10-13,17-18,26-27,31H,1,9,14-16H2,2-7H3/b22-20-. The molecule has 0 saturated carbocycles. The first-order chi connectivity index (χ1) is 16.1. The molecule has 2 amide bonds. The molecule has 0 aliphatic carbocycles. The minimum atomic E-state index is -0.731. The van der Waals surface area contributed by atoms with Crippen LogP contribution in [0.2, 0.25) is 0 Å². The third-order valence-electron chi connectivity index (χ3n) is 5.92. The molecule has 1 aromatic carbocycles. The van der Waals surface area contributed by atoms with Crippen LogP contribution in [0.25, 0.3) is 0 Å². The van der Waals surface area contributed by atoms with Crippen LogP contribution in [0.4, 0.5) is 0 Å². The van der Waals surface area contributed by atoms with E-state index in [1.54, 1.807) is 25.1 Å². The highest BCUT2D eigenvalue weighted by Crippen LogP contribution is 2.29. The molecule has 2 N–H and O–H groups in total. The Bertz CT molecular complexity index is 937. The number of ether oxygens (including phenoxy) is 1. The van der Waals surface area contributed by atoms with E-state index < -0.39 is 6.35 Å². The average Bonchev–Trinajstić information content (AvgIpc) is 3.18. The van der Waals surface area contributed by atoms with Gasteiger partial charge in [0.1, 0.15) is 17.3 Å². The van der Waals surface area contributed by atoms with Gasteiger partial charge in [-0.2, -0.15) is 0 Å². The zero-order valence-electron chi connectivity index (χ0n) is 21.2. The number of amides is 2. The van der Waals surface area contributed by atoms with Crippen LogP contribution < -0.4 is 5.32 Å². The molecule has 0 saturated heterocycles. The molecule has 0 bridgehead atoms. The Balaban J connectivity index is 2.55. The molecule has 2 rings (SSSR count). The lowest BCUT2D eigenvalue weighted by Gasteiger charge is -2.31. The molecule has 0 spiro atoms. The van der Waals surface area contributed by atoms with E-state index in [-0.39, 0.29) is 18.4 Å². The van der Waals surface area contributed by atoms with Crippen molar-refractivity contribution >= 4 is 12.3 Å². The van der Waals surface area contributed by atoms with Gasteiger partial charge < -0.3 is 29.9 Å². The van der Waals surface area contributed by atoms with Crippen LogP contribution in [0.15, 0.2) is 59.8 Å². The lowest BCUT2D eigenvalue weighted by atomic mass is 10.0. The van der Waals surface area contributed by atoms with Crippen molar-refractivity contribution in [2.45, 2.75) is 47.0 Å². The number of aryl methyl sites for hydroxylation is 1. The van der Waals surface area contributed by atoms with Crippen molar-refractivity contribution in [3.8, 4) is 0 Å². The second-order valence-corrected chi connectivity index (χ2v) is 8.85. The Kier molecular flexibility index (Phi) is 9.74. The van der Waals surface area contributed by atoms with Crippen molar-refractivity contribution in [3.05, 3.63) is 70.9 Å². The molecule has 1 atom stereocenters. The van der Waals surface area contributed by atoms with Crippen LogP contribution >= 0.6 is 0 Å². The maximum absolute atomic E-state index is 13.6. The molecule has 186 valence electrons. The zero-order valence-corrected chi connectivity index (χ0v) is 21.2. The highest BCUT2D eigenvalue weighted by molar-refractivity contribution is 5.94. The molecule has 1 aromatic rings. The van der Waals surface area contributed by atoms with Crippen LogP contribution in [-0.2, 0) is 20.9 Å². The fraction of sp³-hybridized carbons (Fsp3) is 0.462.